The van der Waals surface area contributed by atoms with Crippen LogP contribution in [0.4, 0.5) is 4.39 Å². The van der Waals surface area contributed by atoms with Crippen LogP contribution in [0.3, 0.4) is 0 Å². The highest BCUT2D eigenvalue weighted by Gasteiger charge is 2.11. The Morgan fingerprint density at radius 1 is 1.25 bits per heavy atom. The van der Waals surface area contributed by atoms with Crippen LogP contribution in [0.2, 0.25) is 0 Å². The third kappa shape index (κ3) is 3.90. The molecule has 0 fully saturated rings. The monoisotopic (exact) mass is 335 g/mol. The van der Waals surface area contributed by atoms with E-state index in [0.717, 1.165) is 11.1 Å². The van der Waals surface area contributed by atoms with Crippen molar-refractivity contribution in [1.82, 2.24) is 5.32 Å². The third-order valence-electron chi connectivity index (χ3n) is 2.91. The summed E-state index contributed by atoms with van der Waals surface area (Å²) in [6.45, 7) is 2.20. The van der Waals surface area contributed by atoms with Crippen LogP contribution >= 0.6 is 15.9 Å². The fraction of sp³-hybridized carbons (Fsp3) is 0.188. The molecule has 1 amide bonds. The highest BCUT2D eigenvalue weighted by Crippen LogP contribution is 2.21. The van der Waals surface area contributed by atoms with Crippen LogP contribution in [-0.2, 0) is 0 Å². The number of nitrogens with one attached hydrogen (secondary N) is 1. The number of alkyl halides is 1. The lowest BCUT2D eigenvalue weighted by Crippen LogP contribution is -2.26. The maximum atomic E-state index is 13.3. The van der Waals surface area contributed by atoms with E-state index in [2.05, 4.69) is 21.2 Å². The summed E-state index contributed by atoms with van der Waals surface area (Å²) in [5.41, 5.74) is 2.16. The zero-order chi connectivity index (χ0) is 14.5. The molecule has 0 saturated carbocycles. The van der Waals surface area contributed by atoms with Crippen LogP contribution in [0.25, 0.3) is 0 Å². The van der Waals surface area contributed by atoms with Crippen molar-refractivity contribution in [2.24, 2.45) is 0 Å². The van der Waals surface area contributed by atoms with Gasteiger partial charge in [0.15, 0.2) is 0 Å². The molecule has 1 atom stereocenters. The molecule has 0 saturated heterocycles. The maximum Gasteiger partial charge on any atom is 0.251 e. The predicted molar refractivity (Wildman–Crippen MR) is 81.6 cm³/mol. The van der Waals surface area contributed by atoms with Crippen molar-refractivity contribution in [3.05, 3.63) is 71.0 Å². The van der Waals surface area contributed by atoms with Gasteiger partial charge in [-0.3, -0.25) is 4.79 Å². The first kappa shape index (κ1) is 14.7. The minimum absolute atomic E-state index is 0.0299. The number of carbonyl (C=O) groups is 1. The second-order valence-corrected chi connectivity index (χ2v) is 5.71. The molecule has 0 aliphatic rings. The average Bonchev–Trinajstić information content (AvgIpc) is 2.44. The van der Waals surface area contributed by atoms with Gasteiger partial charge in [0.2, 0.25) is 0 Å². The van der Waals surface area contributed by atoms with Gasteiger partial charge in [0.25, 0.3) is 5.91 Å². The lowest BCUT2D eigenvalue weighted by atomic mass is 10.1. The third-order valence-corrected chi connectivity index (χ3v) is 3.76. The quantitative estimate of drug-likeness (QED) is 0.840. The van der Waals surface area contributed by atoms with Gasteiger partial charge in [-0.15, -0.1) is 0 Å². The van der Waals surface area contributed by atoms with E-state index in [4.69, 9.17) is 0 Å². The first-order valence-corrected chi connectivity index (χ1v) is 7.22. The molecule has 2 aromatic carbocycles. The van der Waals surface area contributed by atoms with Crippen molar-refractivity contribution in [1.29, 1.82) is 0 Å². The summed E-state index contributed by atoms with van der Waals surface area (Å²) in [6.07, 6.45) is 0. The number of benzene rings is 2. The van der Waals surface area contributed by atoms with E-state index in [1.54, 1.807) is 13.0 Å². The fourth-order valence-electron chi connectivity index (χ4n) is 1.93. The summed E-state index contributed by atoms with van der Waals surface area (Å²) >= 11 is 3.53. The molecule has 0 spiro atoms. The topological polar surface area (TPSA) is 29.1 Å². The van der Waals surface area contributed by atoms with E-state index < -0.39 is 5.82 Å². The predicted octanol–water partition coefficient (Wildman–Crippen LogP) is 4.00. The van der Waals surface area contributed by atoms with Crippen LogP contribution in [-0.4, -0.2) is 12.5 Å². The number of carbonyl (C=O) groups excluding carboxylic acids is 1. The van der Waals surface area contributed by atoms with E-state index in [0.29, 0.717) is 12.1 Å². The molecule has 4 heteroatoms. The first-order chi connectivity index (χ1) is 9.56. The molecular weight excluding hydrogens is 321 g/mol. The molecule has 0 heterocycles. The van der Waals surface area contributed by atoms with Crippen molar-refractivity contribution in [3.8, 4) is 0 Å². The SMILES string of the molecule is Cc1cc(F)cc(C(=O)NCC(Br)c2ccccc2)c1. The van der Waals surface area contributed by atoms with Crippen LogP contribution in [0.15, 0.2) is 48.5 Å². The van der Waals surface area contributed by atoms with Gasteiger partial charge in [0, 0.05) is 12.1 Å². The van der Waals surface area contributed by atoms with Crippen molar-refractivity contribution >= 4 is 21.8 Å². The normalized spacial score (nSPS) is 11.9. The summed E-state index contributed by atoms with van der Waals surface area (Å²) in [6, 6.07) is 14.1. The molecule has 0 bridgehead atoms. The van der Waals surface area contributed by atoms with E-state index in [9.17, 15) is 9.18 Å². The molecule has 2 nitrogen and oxygen atoms in total. The summed E-state index contributed by atoms with van der Waals surface area (Å²) < 4.78 is 13.3. The van der Waals surface area contributed by atoms with Crippen LogP contribution in [0.5, 0.6) is 0 Å². The number of hydrogen-bond donors (Lipinski definition) is 1. The number of amides is 1. The molecule has 1 unspecified atom stereocenters. The Balaban J connectivity index is 1.98. The molecule has 2 aromatic rings. The highest BCUT2D eigenvalue weighted by molar-refractivity contribution is 9.09. The van der Waals surface area contributed by atoms with Gasteiger partial charge in [-0.25, -0.2) is 4.39 Å². The second kappa shape index (κ2) is 6.66. The van der Waals surface area contributed by atoms with E-state index in [1.165, 1.54) is 12.1 Å². The molecular formula is C16H15BrFNO. The van der Waals surface area contributed by atoms with Gasteiger partial charge in [-0.05, 0) is 36.2 Å². The average molecular weight is 336 g/mol. The van der Waals surface area contributed by atoms with Gasteiger partial charge in [0.05, 0.1) is 4.83 Å². The lowest BCUT2D eigenvalue weighted by Gasteiger charge is -2.12. The Bertz CT molecular complexity index is 580. The van der Waals surface area contributed by atoms with Crippen LogP contribution in [0, 0.1) is 12.7 Å². The minimum Gasteiger partial charge on any atom is -0.351 e. The molecule has 0 aliphatic carbocycles. The number of halogens is 2. The van der Waals surface area contributed by atoms with E-state index >= 15 is 0 Å². The first-order valence-electron chi connectivity index (χ1n) is 6.30. The molecule has 20 heavy (non-hydrogen) atoms. The molecule has 1 N–H and O–H groups in total. The smallest absolute Gasteiger partial charge is 0.251 e. The van der Waals surface area contributed by atoms with E-state index in [1.807, 2.05) is 30.3 Å². The van der Waals surface area contributed by atoms with Crippen molar-refractivity contribution in [3.63, 3.8) is 0 Å². The van der Waals surface area contributed by atoms with Gasteiger partial charge < -0.3 is 5.32 Å². The Labute approximate surface area is 126 Å². The van der Waals surface area contributed by atoms with Crippen LogP contribution < -0.4 is 5.32 Å². The summed E-state index contributed by atoms with van der Waals surface area (Å²) in [5.74, 6) is -0.665. The number of rotatable bonds is 4. The van der Waals surface area contributed by atoms with Gasteiger partial charge in [0.1, 0.15) is 5.82 Å². The van der Waals surface area contributed by atoms with Gasteiger partial charge >= 0.3 is 0 Å². The number of hydrogen-bond acceptors (Lipinski definition) is 1. The van der Waals surface area contributed by atoms with Crippen molar-refractivity contribution in [2.45, 2.75) is 11.8 Å². The maximum absolute atomic E-state index is 13.3. The van der Waals surface area contributed by atoms with Crippen molar-refractivity contribution < 1.29 is 9.18 Å². The summed E-state index contributed by atoms with van der Waals surface area (Å²) in [4.78, 5) is 12.0. The zero-order valence-corrected chi connectivity index (χ0v) is 12.7. The Kier molecular flexibility index (Phi) is 4.90. The molecule has 0 aliphatic heterocycles. The van der Waals surface area contributed by atoms with Gasteiger partial charge in [-0.1, -0.05) is 46.3 Å². The largest absolute Gasteiger partial charge is 0.351 e. The van der Waals surface area contributed by atoms with Gasteiger partial charge in [-0.2, -0.15) is 0 Å². The summed E-state index contributed by atoms with van der Waals surface area (Å²) in [7, 11) is 0. The number of aryl methyl sites for hydroxylation is 1. The minimum atomic E-state index is -0.395. The Morgan fingerprint density at radius 3 is 2.60 bits per heavy atom. The second-order valence-electron chi connectivity index (χ2n) is 4.61. The fourth-order valence-corrected chi connectivity index (χ4v) is 2.40. The molecule has 0 radical (unpaired) electrons. The highest BCUT2D eigenvalue weighted by atomic mass is 79.9. The zero-order valence-electron chi connectivity index (χ0n) is 11.1. The molecule has 104 valence electrons. The molecule has 0 aromatic heterocycles. The van der Waals surface area contributed by atoms with E-state index in [-0.39, 0.29) is 10.7 Å². The standard InChI is InChI=1S/C16H15BrFNO/c1-11-7-13(9-14(18)8-11)16(20)19-10-15(17)12-5-3-2-4-6-12/h2-9,15H,10H2,1H3,(H,19,20). The molecule has 2 rings (SSSR count). The Morgan fingerprint density at radius 2 is 1.95 bits per heavy atom. The summed E-state index contributed by atoms with van der Waals surface area (Å²) in [5, 5.41) is 2.80. The Hall–Kier alpha value is -1.68. The van der Waals surface area contributed by atoms with Crippen molar-refractivity contribution in [2.75, 3.05) is 6.54 Å². The lowest BCUT2D eigenvalue weighted by molar-refractivity contribution is 0.0953. The van der Waals surface area contributed by atoms with Crippen LogP contribution in [0.1, 0.15) is 26.3 Å².